The van der Waals surface area contributed by atoms with Crippen LogP contribution in [0.25, 0.3) is 0 Å². The highest BCUT2D eigenvalue weighted by atomic mass is 16.3. The summed E-state index contributed by atoms with van der Waals surface area (Å²) in [5.74, 6) is 3.34. The fourth-order valence-corrected chi connectivity index (χ4v) is 6.16. The Morgan fingerprint density at radius 3 is 2.50 bits per heavy atom. The van der Waals surface area contributed by atoms with Crippen LogP contribution in [0.15, 0.2) is 47.1 Å². The third-order valence-electron chi connectivity index (χ3n) is 8.71. The summed E-state index contributed by atoms with van der Waals surface area (Å²) < 4.78 is 0. The Labute approximate surface area is 184 Å². The van der Waals surface area contributed by atoms with Crippen LogP contribution < -0.4 is 0 Å². The average molecular weight is 413 g/mol. The highest BCUT2D eigenvalue weighted by Gasteiger charge is 2.49. The Morgan fingerprint density at radius 1 is 1.07 bits per heavy atom. The van der Waals surface area contributed by atoms with E-state index in [9.17, 15) is 10.2 Å². The number of allylic oxidation sites excluding steroid dienone is 6. The van der Waals surface area contributed by atoms with Crippen molar-refractivity contribution >= 4 is 0 Å². The standard InChI is InChI=1S/C28H44O2/c1-18(2)19(3)9-10-20(4)25-13-14-26-22(8-7-15-28(25,26)6)11-12-23-16-24(29)17-27(30)21(23)5/h8-12,18-20,24-27,29-30H,7,13-17H2,1-6H3/b10-9+,12-11-/t19-,20?,24?,25?,26?,27-,28+/m1/s1. The van der Waals surface area contributed by atoms with Crippen LogP contribution in [-0.2, 0) is 0 Å². The van der Waals surface area contributed by atoms with Gasteiger partial charge in [0.2, 0.25) is 0 Å². The highest BCUT2D eigenvalue weighted by molar-refractivity contribution is 5.37. The van der Waals surface area contributed by atoms with Gasteiger partial charge in [0.1, 0.15) is 0 Å². The minimum absolute atomic E-state index is 0.369. The van der Waals surface area contributed by atoms with Crippen molar-refractivity contribution in [3.8, 4) is 0 Å². The van der Waals surface area contributed by atoms with Crippen molar-refractivity contribution in [1.82, 2.24) is 0 Å². The van der Waals surface area contributed by atoms with Crippen LogP contribution in [0.3, 0.4) is 0 Å². The lowest BCUT2D eigenvalue weighted by Crippen LogP contribution is -2.34. The zero-order valence-corrected chi connectivity index (χ0v) is 20.1. The molecule has 168 valence electrons. The van der Waals surface area contributed by atoms with Crippen LogP contribution in [0.4, 0.5) is 0 Å². The average Bonchev–Trinajstić information content (AvgIpc) is 3.04. The van der Waals surface area contributed by atoms with Crippen molar-refractivity contribution in [2.75, 3.05) is 0 Å². The molecule has 0 aliphatic heterocycles. The maximum Gasteiger partial charge on any atom is 0.0777 e. The van der Waals surface area contributed by atoms with Crippen LogP contribution in [0.1, 0.15) is 80.1 Å². The van der Waals surface area contributed by atoms with Gasteiger partial charge in [-0.25, -0.2) is 0 Å². The first kappa shape index (κ1) is 23.5. The molecule has 3 aliphatic carbocycles. The molecule has 2 nitrogen and oxygen atoms in total. The molecule has 1 saturated carbocycles. The molecule has 0 aromatic heterocycles. The normalized spacial score (nSPS) is 37.2. The SMILES string of the molecule is CC1=C(/C=C\C2=CCC[C@]3(C)C2CCC3C(C)/C=C/[C@@H](C)C(C)C)CC(O)C[C@H]1O. The summed E-state index contributed by atoms with van der Waals surface area (Å²) >= 11 is 0. The van der Waals surface area contributed by atoms with Gasteiger partial charge in [-0.3, -0.25) is 0 Å². The summed E-state index contributed by atoms with van der Waals surface area (Å²) in [5.41, 5.74) is 3.99. The van der Waals surface area contributed by atoms with Gasteiger partial charge in [0.05, 0.1) is 12.2 Å². The molecule has 0 amide bonds. The van der Waals surface area contributed by atoms with E-state index in [4.69, 9.17) is 0 Å². The predicted octanol–water partition coefficient (Wildman–Crippen LogP) is 6.61. The van der Waals surface area contributed by atoms with Crippen molar-refractivity contribution in [2.45, 2.75) is 92.3 Å². The van der Waals surface area contributed by atoms with Crippen LogP contribution >= 0.6 is 0 Å². The lowest BCUT2D eigenvalue weighted by atomic mass is 9.62. The molecule has 2 heteroatoms. The van der Waals surface area contributed by atoms with E-state index in [-0.39, 0.29) is 0 Å². The van der Waals surface area contributed by atoms with E-state index in [0.717, 1.165) is 23.5 Å². The van der Waals surface area contributed by atoms with E-state index in [2.05, 4.69) is 65.0 Å². The van der Waals surface area contributed by atoms with E-state index in [0.29, 0.717) is 41.9 Å². The Kier molecular flexibility index (Phi) is 7.51. The van der Waals surface area contributed by atoms with E-state index < -0.39 is 12.2 Å². The number of aliphatic hydroxyl groups is 2. The molecule has 1 fully saturated rings. The first-order valence-electron chi connectivity index (χ1n) is 12.3. The van der Waals surface area contributed by atoms with Crippen LogP contribution in [-0.4, -0.2) is 22.4 Å². The molecule has 0 aromatic rings. The molecule has 0 radical (unpaired) electrons. The second-order valence-corrected chi connectivity index (χ2v) is 11.0. The summed E-state index contributed by atoms with van der Waals surface area (Å²) in [6, 6.07) is 0. The number of aliphatic hydroxyl groups excluding tert-OH is 2. The Hall–Kier alpha value is -1.12. The third-order valence-corrected chi connectivity index (χ3v) is 8.71. The van der Waals surface area contributed by atoms with Crippen molar-refractivity contribution in [3.63, 3.8) is 0 Å². The third kappa shape index (κ3) is 4.86. The van der Waals surface area contributed by atoms with Crippen molar-refractivity contribution < 1.29 is 10.2 Å². The monoisotopic (exact) mass is 412 g/mol. The summed E-state index contributed by atoms with van der Waals surface area (Å²) in [4.78, 5) is 0. The van der Waals surface area contributed by atoms with Crippen LogP contribution in [0.5, 0.6) is 0 Å². The van der Waals surface area contributed by atoms with E-state index in [1.807, 2.05) is 6.92 Å². The maximum absolute atomic E-state index is 10.2. The number of rotatable bonds is 6. The molecule has 30 heavy (non-hydrogen) atoms. The second kappa shape index (κ2) is 9.57. The smallest absolute Gasteiger partial charge is 0.0777 e. The first-order chi connectivity index (χ1) is 14.1. The van der Waals surface area contributed by atoms with Gasteiger partial charge in [-0.1, -0.05) is 65.0 Å². The molecule has 0 saturated heterocycles. The maximum atomic E-state index is 10.2. The van der Waals surface area contributed by atoms with Gasteiger partial charge in [0.15, 0.2) is 0 Å². The Bertz CT molecular complexity index is 725. The summed E-state index contributed by atoms with van der Waals surface area (Å²) in [6.07, 6.45) is 17.1. The Balaban J connectivity index is 1.74. The fraction of sp³-hybridized carbons (Fsp3) is 0.714. The lowest BCUT2D eigenvalue weighted by Gasteiger charge is -2.42. The number of hydrogen-bond donors (Lipinski definition) is 2. The quantitative estimate of drug-likeness (QED) is 0.482. The fourth-order valence-electron chi connectivity index (χ4n) is 6.16. The molecular formula is C28H44O2. The zero-order chi connectivity index (χ0) is 22.1. The van der Waals surface area contributed by atoms with E-state index >= 15 is 0 Å². The topological polar surface area (TPSA) is 40.5 Å². The molecule has 0 bridgehead atoms. The van der Waals surface area contributed by atoms with Crippen molar-refractivity contribution in [2.24, 2.45) is 35.0 Å². The lowest BCUT2D eigenvalue weighted by molar-refractivity contribution is 0.0879. The van der Waals surface area contributed by atoms with Gasteiger partial charge in [-0.2, -0.15) is 0 Å². The van der Waals surface area contributed by atoms with Gasteiger partial charge >= 0.3 is 0 Å². The zero-order valence-electron chi connectivity index (χ0n) is 20.1. The molecule has 7 atom stereocenters. The van der Waals surface area contributed by atoms with Gasteiger partial charge in [0.25, 0.3) is 0 Å². The minimum atomic E-state index is -0.504. The number of hydrogen-bond acceptors (Lipinski definition) is 2. The van der Waals surface area contributed by atoms with E-state index in [1.54, 1.807) is 0 Å². The van der Waals surface area contributed by atoms with Crippen LogP contribution in [0, 0.1) is 35.0 Å². The Morgan fingerprint density at radius 2 is 1.80 bits per heavy atom. The second-order valence-electron chi connectivity index (χ2n) is 11.0. The van der Waals surface area contributed by atoms with Crippen molar-refractivity contribution in [3.05, 3.63) is 47.1 Å². The van der Waals surface area contributed by atoms with Gasteiger partial charge in [-0.15, -0.1) is 0 Å². The van der Waals surface area contributed by atoms with Crippen LogP contribution in [0.2, 0.25) is 0 Å². The molecular weight excluding hydrogens is 368 g/mol. The first-order valence-corrected chi connectivity index (χ1v) is 12.3. The highest BCUT2D eigenvalue weighted by Crippen LogP contribution is 2.58. The predicted molar refractivity (Wildman–Crippen MR) is 127 cm³/mol. The van der Waals surface area contributed by atoms with Gasteiger partial charge in [-0.05, 0) is 90.8 Å². The number of fused-ring (bicyclic) bond motifs is 1. The van der Waals surface area contributed by atoms with Gasteiger partial charge < -0.3 is 10.2 Å². The molecule has 3 rings (SSSR count). The summed E-state index contributed by atoms with van der Waals surface area (Å²) in [7, 11) is 0. The van der Waals surface area contributed by atoms with E-state index in [1.165, 1.54) is 24.8 Å². The molecule has 2 N–H and O–H groups in total. The molecule has 0 spiro atoms. The molecule has 0 aromatic carbocycles. The largest absolute Gasteiger partial charge is 0.393 e. The van der Waals surface area contributed by atoms with Crippen molar-refractivity contribution in [1.29, 1.82) is 0 Å². The van der Waals surface area contributed by atoms with Gasteiger partial charge in [0, 0.05) is 6.42 Å². The summed E-state index contributed by atoms with van der Waals surface area (Å²) in [5, 5.41) is 20.3. The molecule has 4 unspecified atom stereocenters. The molecule has 3 aliphatic rings. The minimum Gasteiger partial charge on any atom is -0.393 e. The molecule has 0 heterocycles. The summed E-state index contributed by atoms with van der Waals surface area (Å²) in [6.45, 7) is 13.9.